The molecule has 0 atom stereocenters. The molecule has 0 aromatic heterocycles. The zero-order valence-corrected chi connectivity index (χ0v) is 8.39. The van der Waals surface area contributed by atoms with Crippen molar-refractivity contribution in [1.29, 1.82) is 0 Å². The summed E-state index contributed by atoms with van der Waals surface area (Å²) in [5, 5.41) is 9.53. The van der Waals surface area contributed by atoms with Crippen LogP contribution in [-0.4, -0.2) is 41.0 Å². The summed E-state index contributed by atoms with van der Waals surface area (Å²) in [4.78, 5) is 12.7. The molecule has 1 aliphatic carbocycles. The van der Waals surface area contributed by atoms with E-state index in [4.69, 9.17) is 0 Å². The molecule has 1 N–H and O–H groups in total. The fourth-order valence-electron chi connectivity index (χ4n) is 1.63. The van der Waals surface area contributed by atoms with Gasteiger partial charge in [0.05, 0.1) is 12.0 Å². The molecule has 0 bridgehead atoms. The molecule has 0 aromatic rings. The molecule has 0 radical (unpaired) electrons. The van der Waals surface area contributed by atoms with Crippen LogP contribution in [0.3, 0.4) is 0 Å². The Bertz CT molecular complexity index is 235. The van der Waals surface area contributed by atoms with Crippen molar-refractivity contribution < 1.29 is 18.7 Å². The summed E-state index contributed by atoms with van der Waals surface area (Å²) in [6, 6.07) is 0. The fourth-order valence-corrected chi connectivity index (χ4v) is 1.63. The monoisotopic (exact) mass is 207 g/mol. The van der Waals surface area contributed by atoms with E-state index in [1.807, 2.05) is 0 Å². The maximum absolute atomic E-state index is 12.5. The minimum absolute atomic E-state index is 0.201. The van der Waals surface area contributed by atoms with Crippen LogP contribution in [0.4, 0.5) is 8.78 Å². The summed E-state index contributed by atoms with van der Waals surface area (Å²) in [5.41, 5.74) is -1.48. The van der Waals surface area contributed by atoms with Crippen molar-refractivity contribution in [2.24, 2.45) is 0 Å². The van der Waals surface area contributed by atoms with E-state index in [0.29, 0.717) is 6.54 Å². The van der Waals surface area contributed by atoms with Gasteiger partial charge in [-0.1, -0.05) is 0 Å². The number of halogens is 2. The minimum Gasteiger partial charge on any atom is -0.389 e. The Morgan fingerprint density at radius 2 is 2.00 bits per heavy atom. The number of hydrogen-bond donors (Lipinski definition) is 1. The molecule has 0 saturated heterocycles. The quantitative estimate of drug-likeness (QED) is 0.750. The molecule has 0 unspecified atom stereocenters. The third-order valence-electron chi connectivity index (χ3n) is 2.56. The van der Waals surface area contributed by atoms with Crippen molar-refractivity contribution in [3.63, 3.8) is 0 Å². The lowest BCUT2D eigenvalue weighted by atomic mass is 9.74. The molecule has 1 amide bonds. The molecule has 0 heterocycles. The van der Waals surface area contributed by atoms with Crippen LogP contribution in [0, 0.1) is 0 Å². The van der Waals surface area contributed by atoms with Gasteiger partial charge in [-0.3, -0.25) is 4.79 Å². The Morgan fingerprint density at radius 1 is 1.50 bits per heavy atom. The van der Waals surface area contributed by atoms with E-state index >= 15 is 0 Å². The molecule has 0 aliphatic heterocycles. The number of nitrogens with zero attached hydrogens (tertiary/aromatic N) is 1. The molecule has 1 fully saturated rings. The maximum atomic E-state index is 12.5. The van der Waals surface area contributed by atoms with Gasteiger partial charge in [0.1, 0.15) is 0 Å². The molecular formula is C9H15F2NO2. The van der Waals surface area contributed by atoms with Gasteiger partial charge in [0.2, 0.25) is 5.91 Å². The maximum Gasteiger partial charge on any atom is 0.253 e. The largest absolute Gasteiger partial charge is 0.389 e. The van der Waals surface area contributed by atoms with Crippen LogP contribution < -0.4 is 0 Å². The van der Waals surface area contributed by atoms with Crippen LogP contribution >= 0.6 is 0 Å². The second-order valence-electron chi connectivity index (χ2n) is 4.02. The first kappa shape index (κ1) is 11.4. The summed E-state index contributed by atoms with van der Waals surface area (Å²) in [6.45, 7) is 2.31. The number of carbonyl (C=O) groups is 1. The van der Waals surface area contributed by atoms with Crippen molar-refractivity contribution in [3.8, 4) is 0 Å². The van der Waals surface area contributed by atoms with Gasteiger partial charge in [-0.25, -0.2) is 8.78 Å². The van der Waals surface area contributed by atoms with Crippen molar-refractivity contribution in [2.75, 3.05) is 13.6 Å². The molecule has 14 heavy (non-hydrogen) atoms. The third kappa shape index (κ3) is 2.41. The minimum atomic E-state index is -2.79. The van der Waals surface area contributed by atoms with Crippen molar-refractivity contribution in [2.45, 2.75) is 37.7 Å². The topological polar surface area (TPSA) is 40.5 Å². The van der Waals surface area contributed by atoms with E-state index in [9.17, 15) is 18.7 Å². The number of rotatable bonds is 3. The first-order valence-corrected chi connectivity index (χ1v) is 4.62. The standard InChI is InChI=1S/C9H15F2NO2/c1-3-12(2)7(13)4-8(14)5-9(10,11)6-8/h14H,3-6H2,1-2H3. The van der Waals surface area contributed by atoms with Crippen LogP contribution in [0.15, 0.2) is 0 Å². The Morgan fingerprint density at radius 3 is 2.36 bits per heavy atom. The lowest BCUT2D eigenvalue weighted by Crippen LogP contribution is -2.54. The predicted octanol–water partition coefficient (Wildman–Crippen LogP) is 1.01. The fraction of sp³-hybridized carbons (Fsp3) is 0.889. The first-order chi connectivity index (χ1) is 6.28. The van der Waals surface area contributed by atoms with Crippen molar-refractivity contribution in [1.82, 2.24) is 4.90 Å². The van der Waals surface area contributed by atoms with E-state index < -0.39 is 24.4 Å². The van der Waals surface area contributed by atoms with Crippen molar-refractivity contribution >= 4 is 5.91 Å². The highest BCUT2D eigenvalue weighted by molar-refractivity contribution is 5.77. The van der Waals surface area contributed by atoms with Gasteiger partial charge in [-0.2, -0.15) is 0 Å². The number of hydrogen-bond acceptors (Lipinski definition) is 2. The molecule has 0 spiro atoms. The van der Waals surface area contributed by atoms with Crippen LogP contribution in [0.25, 0.3) is 0 Å². The highest BCUT2D eigenvalue weighted by Crippen LogP contribution is 2.47. The molecule has 3 nitrogen and oxygen atoms in total. The lowest BCUT2D eigenvalue weighted by molar-refractivity contribution is -0.208. The summed E-state index contributed by atoms with van der Waals surface area (Å²) >= 11 is 0. The van der Waals surface area contributed by atoms with Crippen LogP contribution in [-0.2, 0) is 4.79 Å². The number of alkyl halides is 2. The second kappa shape index (κ2) is 3.46. The Labute approximate surface area is 81.7 Å². The van der Waals surface area contributed by atoms with Crippen LogP contribution in [0.5, 0.6) is 0 Å². The molecular weight excluding hydrogens is 192 g/mol. The number of amides is 1. The van der Waals surface area contributed by atoms with E-state index in [0.717, 1.165) is 0 Å². The highest BCUT2D eigenvalue weighted by atomic mass is 19.3. The summed E-state index contributed by atoms with van der Waals surface area (Å²) < 4.78 is 25.0. The number of aliphatic hydroxyl groups is 1. The Kier molecular flexibility index (Phi) is 2.81. The highest BCUT2D eigenvalue weighted by Gasteiger charge is 2.56. The average Bonchev–Trinajstić information content (AvgIpc) is 1.98. The first-order valence-electron chi connectivity index (χ1n) is 4.62. The zero-order valence-electron chi connectivity index (χ0n) is 8.39. The molecule has 0 aromatic carbocycles. The third-order valence-corrected chi connectivity index (χ3v) is 2.56. The van der Waals surface area contributed by atoms with E-state index in [1.54, 1.807) is 14.0 Å². The van der Waals surface area contributed by atoms with Gasteiger partial charge in [0.25, 0.3) is 5.92 Å². The van der Waals surface area contributed by atoms with E-state index in [-0.39, 0.29) is 12.3 Å². The van der Waals surface area contributed by atoms with Gasteiger partial charge >= 0.3 is 0 Å². The Hall–Kier alpha value is -0.710. The molecule has 1 saturated carbocycles. The summed E-state index contributed by atoms with van der Waals surface area (Å²) in [5.74, 6) is -3.08. The molecule has 5 heteroatoms. The molecule has 1 rings (SSSR count). The average molecular weight is 207 g/mol. The smallest absolute Gasteiger partial charge is 0.253 e. The second-order valence-corrected chi connectivity index (χ2v) is 4.02. The zero-order chi connectivity index (χ0) is 11.0. The van der Waals surface area contributed by atoms with Gasteiger partial charge < -0.3 is 10.0 Å². The van der Waals surface area contributed by atoms with Gasteiger partial charge in [-0.05, 0) is 6.92 Å². The lowest BCUT2D eigenvalue weighted by Gasteiger charge is -2.43. The predicted molar refractivity (Wildman–Crippen MR) is 47.1 cm³/mol. The molecule has 82 valence electrons. The van der Waals surface area contributed by atoms with Gasteiger partial charge in [-0.15, -0.1) is 0 Å². The summed E-state index contributed by atoms with van der Waals surface area (Å²) in [7, 11) is 1.59. The summed E-state index contributed by atoms with van der Waals surface area (Å²) in [6.07, 6.45) is -1.39. The SMILES string of the molecule is CCN(C)C(=O)CC1(O)CC(F)(F)C1. The number of carbonyl (C=O) groups excluding carboxylic acids is 1. The normalized spacial score (nSPS) is 22.6. The van der Waals surface area contributed by atoms with E-state index in [2.05, 4.69) is 0 Å². The Balaban J connectivity index is 2.43. The van der Waals surface area contributed by atoms with Crippen LogP contribution in [0.1, 0.15) is 26.2 Å². The van der Waals surface area contributed by atoms with Gasteiger partial charge in [0, 0.05) is 26.4 Å². The van der Waals surface area contributed by atoms with E-state index in [1.165, 1.54) is 4.90 Å². The van der Waals surface area contributed by atoms with Crippen LogP contribution in [0.2, 0.25) is 0 Å². The van der Waals surface area contributed by atoms with Gasteiger partial charge in [0.15, 0.2) is 0 Å². The van der Waals surface area contributed by atoms with Crippen molar-refractivity contribution in [3.05, 3.63) is 0 Å². The molecule has 1 aliphatic rings.